The molecule has 1 aliphatic carbocycles. The molecule has 3 rings (SSSR count). The molecule has 0 N–H and O–H groups in total. The monoisotopic (exact) mass is 208 g/mol. The molecular weight excluding hydrogens is 193 g/mol. The SMILES string of the molecule is CN1C(=S)OC2C1CCC1(C)[B]C21C. The minimum Gasteiger partial charge on any atom is -0.466 e. The zero-order valence-electron chi connectivity index (χ0n) is 8.91. The van der Waals surface area contributed by atoms with Crippen LogP contribution in [-0.2, 0) is 4.74 Å². The van der Waals surface area contributed by atoms with Gasteiger partial charge in [-0.15, -0.1) is 0 Å². The van der Waals surface area contributed by atoms with Crippen molar-refractivity contribution in [2.75, 3.05) is 7.05 Å². The van der Waals surface area contributed by atoms with Crippen LogP contribution in [0.15, 0.2) is 0 Å². The summed E-state index contributed by atoms with van der Waals surface area (Å²) < 4.78 is 5.83. The van der Waals surface area contributed by atoms with Gasteiger partial charge in [-0.1, -0.05) is 25.6 Å². The molecule has 2 heterocycles. The van der Waals surface area contributed by atoms with E-state index in [-0.39, 0.29) is 5.31 Å². The lowest BCUT2D eigenvalue weighted by atomic mass is 9.76. The topological polar surface area (TPSA) is 12.5 Å². The summed E-state index contributed by atoms with van der Waals surface area (Å²) in [5.74, 6) is 0. The highest BCUT2D eigenvalue weighted by Crippen LogP contribution is 2.76. The van der Waals surface area contributed by atoms with Crippen molar-refractivity contribution in [2.24, 2.45) is 0 Å². The largest absolute Gasteiger partial charge is 0.466 e. The highest BCUT2D eigenvalue weighted by molar-refractivity contribution is 7.80. The molecule has 1 radical (unpaired) electrons. The first-order valence-corrected chi connectivity index (χ1v) is 5.69. The van der Waals surface area contributed by atoms with Gasteiger partial charge in [-0.25, -0.2) is 0 Å². The van der Waals surface area contributed by atoms with Crippen LogP contribution in [0.1, 0.15) is 26.7 Å². The minimum absolute atomic E-state index is 0.269. The molecule has 0 aromatic rings. The van der Waals surface area contributed by atoms with Gasteiger partial charge in [0.25, 0.3) is 5.17 Å². The molecule has 4 heteroatoms. The molecule has 0 amide bonds. The van der Waals surface area contributed by atoms with E-state index >= 15 is 0 Å². The standard InChI is InChI=1S/C10H15BNOS/c1-9-5-4-6-7(10(9,2)11-9)13-8(14)12(6)3/h6-7H,4-5H2,1-3H3. The number of rotatable bonds is 0. The van der Waals surface area contributed by atoms with Crippen molar-refractivity contribution in [3.8, 4) is 0 Å². The molecule has 2 aliphatic heterocycles. The van der Waals surface area contributed by atoms with Crippen LogP contribution in [0.5, 0.6) is 0 Å². The van der Waals surface area contributed by atoms with Crippen molar-refractivity contribution < 1.29 is 4.74 Å². The lowest BCUT2D eigenvalue weighted by Crippen LogP contribution is -2.39. The average molecular weight is 208 g/mol. The van der Waals surface area contributed by atoms with Crippen LogP contribution in [0.25, 0.3) is 0 Å². The number of nitrogens with zero attached hydrogens (tertiary/aromatic N) is 1. The van der Waals surface area contributed by atoms with Crippen LogP contribution >= 0.6 is 12.2 Å². The molecule has 75 valence electrons. The molecule has 2 nitrogen and oxygen atoms in total. The highest BCUT2D eigenvalue weighted by Gasteiger charge is 2.71. The Morgan fingerprint density at radius 2 is 2.29 bits per heavy atom. The van der Waals surface area contributed by atoms with Gasteiger partial charge in [-0.05, 0) is 24.0 Å². The second-order valence-electron chi connectivity index (χ2n) is 5.37. The van der Waals surface area contributed by atoms with Crippen molar-refractivity contribution in [1.82, 2.24) is 4.90 Å². The quantitative estimate of drug-likeness (QED) is 0.445. The van der Waals surface area contributed by atoms with E-state index in [4.69, 9.17) is 17.0 Å². The van der Waals surface area contributed by atoms with Crippen molar-refractivity contribution in [1.29, 1.82) is 0 Å². The molecule has 0 bridgehead atoms. The predicted molar refractivity (Wildman–Crippen MR) is 60.7 cm³/mol. The van der Waals surface area contributed by atoms with E-state index in [9.17, 15) is 0 Å². The zero-order chi connectivity index (χ0) is 10.1. The first kappa shape index (κ1) is 9.02. The Balaban J connectivity index is 1.95. The summed E-state index contributed by atoms with van der Waals surface area (Å²) in [6, 6.07) is 0.513. The maximum Gasteiger partial charge on any atom is 0.259 e. The second kappa shape index (κ2) is 2.29. The third-order valence-corrected chi connectivity index (χ3v) is 5.06. The number of hydrogen-bond acceptors (Lipinski definition) is 2. The third-order valence-electron chi connectivity index (χ3n) is 4.68. The Hall–Kier alpha value is -0.245. The van der Waals surface area contributed by atoms with Crippen LogP contribution in [0.3, 0.4) is 0 Å². The predicted octanol–water partition coefficient (Wildman–Crippen LogP) is 1.84. The molecule has 3 fully saturated rings. The van der Waals surface area contributed by atoms with E-state index in [0.717, 1.165) is 0 Å². The van der Waals surface area contributed by atoms with Gasteiger partial charge in [0.15, 0.2) is 0 Å². The van der Waals surface area contributed by atoms with Gasteiger partial charge in [0, 0.05) is 7.05 Å². The number of fused-ring (bicyclic) bond motifs is 3. The molecule has 4 atom stereocenters. The first-order chi connectivity index (χ1) is 6.48. The lowest BCUT2D eigenvalue weighted by molar-refractivity contribution is 0.112. The smallest absolute Gasteiger partial charge is 0.259 e. The fourth-order valence-corrected chi connectivity index (χ4v) is 3.54. The van der Waals surface area contributed by atoms with Crippen LogP contribution in [0.4, 0.5) is 0 Å². The van der Waals surface area contributed by atoms with E-state index in [1.807, 2.05) is 0 Å². The van der Waals surface area contributed by atoms with Crippen LogP contribution in [0, 0.1) is 0 Å². The van der Waals surface area contributed by atoms with Gasteiger partial charge in [-0.2, -0.15) is 0 Å². The number of likely N-dealkylation sites (N-methyl/N-ethyl adjacent to an activating group) is 1. The highest BCUT2D eigenvalue weighted by atomic mass is 32.1. The molecule has 2 saturated heterocycles. The molecule has 4 unspecified atom stereocenters. The van der Waals surface area contributed by atoms with Crippen molar-refractivity contribution in [3.05, 3.63) is 0 Å². The Labute approximate surface area is 91.2 Å². The Kier molecular flexibility index (Phi) is 1.47. The second-order valence-corrected chi connectivity index (χ2v) is 5.72. The molecule has 14 heavy (non-hydrogen) atoms. The fraction of sp³-hybridized carbons (Fsp3) is 0.900. The summed E-state index contributed by atoms with van der Waals surface area (Å²) >= 11 is 5.20. The summed E-state index contributed by atoms with van der Waals surface area (Å²) in [5, 5.41) is 1.37. The molecule has 0 aromatic heterocycles. The van der Waals surface area contributed by atoms with Crippen LogP contribution in [-0.4, -0.2) is 36.5 Å². The lowest BCUT2D eigenvalue weighted by Gasteiger charge is -2.36. The van der Waals surface area contributed by atoms with Gasteiger partial charge in [0.2, 0.25) is 0 Å². The minimum atomic E-state index is 0.269. The van der Waals surface area contributed by atoms with Gasteiger partial charge in [0.1, 0.15) is 13.4 Å². The number of ether oxygens (including phenoxy) is 1. The normalized spacial score (nSPS) is 54.5. The Bertz CT molecular complexity index is 323. The molecule has 0 spiro atoms. The summed E-state index contributed by atoms with van der Waals surface area (Å²) in [5.41, 5.74) is 0. The van der Waals surface area contributed by atoms with Gasteiger partial charge in [-0.3, -0.25) is 0 Å². The molecular formula is C10H15BNOS. The van der Waals surface area contributed by atoms with Gasteiger partial charge < -0.3 is 9.64 Å². The zero-order valence-corrected chi connectivity index (χ0v) is 9.73. The maximum atomic E-state index is 5.83. The Morgan fingerprint density at radius 1 is 1.57 bits per heavy atom. The maximum absolute atomic E-state index is 5.83. The number of hydrogen-bond donors (Lipinski definition) is 0. The van der Waals surface area contributed by atoms with Crippen molar-refractivity contribution >= 4 is 24.7 Å². The van der Waals surface area contributed by atoms with E-state index < -0.39 is 0 Å². The third kappa shape index (κ3) is 0.819. The summed E-state index contributed by atoms with van der Waals surface area (Å²) in [6.07, 6.45) is 2.80. The molecule has 3 aliphatic rings. The van der Waals surface area contributed by atoms with Gasteiger partial charge >= 0.3 is 0 Å². The fourth-order valence-electron chi connectivity index (χ4n) is 3.30. The molecule has 0 aromatic carbocycles. The number of thiocarbonyl (C=S) groups is 1. The molecule has 1 saturated carbocycles. The average Bonchev–Trinajstić information content (AvgIpc) is 2.57. The van der Waals surface area contributed by atoms with Crippen LogP contribution in [0.2, 0.25) is 10.6 Å². The van der Waals surface area contributed by atoms with E-state index in [1.165, 1.54) is 12.8 Å². The summed E-state index contributed by atoms with van der Waals surface area (Å²) in [7, 11) is 4.51. The summed E-state index contributed by atoms with van der Waals surface area (Å²) in [6.45, 7) is 4.65. The summed E-state index contributed by atoms with van der Waals surface area (Å²) in [4.78, 5) is 2.14. The van der Waals surface area contributed by atoms with E-state index in [1.54, 1.807) is 0 Å². The first-order valence-electron chi connectivity index (χ1n) is 5.28. The Morgan fingerprint density at radius 3 is 3.00 bits per heavy atom. The van der Waals surface area contributed by atoms with Crippen molar-refractivity contribution in [3.63, 3.8) is 0 Å². The van der Waals surface area contributed by atoms with Crippen LogP contribution < -0.4 is 0 Å². The van der Waals surface area contributed by atoms with Gasteiger partial charge in [0.05, 0.1) is 6.04 Å². The van der Waals surface area contributed by atoms with E-state index in [2.05, 4.69) is 33.1 Å². The van der Waals surface area contributed by atoms with E-state index in [0.29, 0.717) is 22.6 Å². The van der Waals surface area contributed by atoms with Crippen molar-refractivity contribution in [2.45, 2.75) is 49.5 Å².